The Morgan fingerprint density at radius 3 is 2.68 bits per heavy atom. The van der Waals surface area contributed by atoms with Gasteiger partial charge in [0, 0.05) is 18.2 Å². The highest BCUT2D eigenvalue weighted by atomic mass is 35.5. The molecule has 1 N–H and O–H groups in total. The van der Waals surface area contributed by atoms with Gasteiger partial charge in [0.25, 0.3) is 5.91 Å². The Morgan fingerprint density at radius 1 is 1.16 bits per heavy atom. The number of amides is 1. The number of carbonyl (C=O) groups is 1. The Kier molecular flexibility index (Phi) is 4.08. The molecule has 3 aromatic rings. The van der Waals surface area contributed by atoms with E-state index in [1.165, 1.54) is 12.1 Å². The van der Waals surface area contributed by atoms with Gasteiger partial charge in [-0.2, -0.15) is 0 Å². The van der Waals surface area contributed by atoms with Gasteiger partial charge in [0.05, 0.1) is 10.3 Å². The van der Waals surface area contributed by atoms with E-state index in [1.807, 2.05) is 0 Å². The number of hydrogen-bond acceptors (Lipinski definition) is 7. The lowest BCUT2D eigenvalue weighted by atomic mass is 9.50. The highest BCUT2D eigenvalue weighted by molar-refractivity contribution is 7.92. The lowest BCUT2D eigenvalue weighted by Gasteiger charge is -2.57. The monoisotopic (exact) mass is 461 g/mol. The molecule has 0 radical (unpaired) electrons. The maximum atomic E-state index is 12.5. The molecule has 3 saturated carbocycles. The Balaban J connectivity index is 1.04. The molecule has 10 heteroatoms. The molecular weight excluding hydrogens is 442 g/mol. The summed E-state index contributed by atoms with van der Waals surface area (Å²) in [6.45, 7) is 0. The predicted molar refractivity (Wildman–Crippen MR) is 111 cm³/mol. The number of hydrogen-bond donors (Lipinski definition) is 1. The fourth-order valence-electron chi connectivity index (χ4n) is 4.97. The van der Waals surface area contributed by atoms with Gasteiger partial charge in [-0.15, -0.1) is 0 Å². The average molecular weight is 462 g/mol. The molecule has 3 aliphatic rings. The SMILES string of the molecule is O=C(NC1CC2(C1)CC(c1nc3cc(Cl)cnc3o1)C2)c1ccc(S(=O)(=O)C2CC2)o1. The van der Waals surface area contributed by atoms with Crippen molar-refractivity contribution in [1.29, 1.82) is 0 Å². The summed E-state index contributed by atoms with van der Waals surface area (Å²) >= 11 is 5.96. The molecule has 162 valence electrons. The predicted octanol–water partition coefficient (Wildman–Crippen LogP) is 3.86. The summed E-state index contributed by atoms with van der Waals surface area (Å²) in [5, 5.41) is 3.02. The van der Waals surface area contributed by atoms with Crippen LogP contribution in [-0.2, 0) is 9.84 Å². The van der Waals surface area contributed by atoms with Gasteiger partial charge in [0.2, 0.25) is 26.5 Å². The van der Waals surface area contributed by atoms with E-state index in [9.17, 15) is 13.2 Å². The van der Waals surface area contributed by atoms with Crippen LogP contribution in [0.2, 0.25) is 5.02 Å². The first kappa shape index (κ1) is 19.3. The number of aromatic nitrogens is 2. The highest BCUT2D eigenvalue weighted by Crippen LogP contribution is 2.61. The van der Waals surface area contributed by atoms with Gasteiger partial charge in [-0.05, 0) is 62.1 Å². The first-order valence-electron chi connectivity index (χ1n) is 10.4. The van der Waals surface area contributed by atoms with Crippen LogP contribution < -0.4 is 5.32 Å². The van der Waals surface area contributed by atoms with Gasteiger partial charge in [0.15, 0.2) is 5.76 Å². The lowest BCUT2D eigenvalue weighted by molar-refractivity contribution is -0.0257. The maximum absolute atomic E-state index is 12.5. The molecule has 3 heterocycles. The van der Waals surface area contributed by atoms with Gasteiger partial charge in [-0.25, -0.2) is 18.4 Å². The van der Waals surface area contributed by atoms with Crippen LogP contribution in [0.15, 0.2) is 38.3 Å². The molecule has 0 bridgehead atoms. The standard InChI is InChI=1S/C21H20ClN3O5S/c22-12-5-15-20(23-10-12)30-19(25-15)11-6-21(7-11)8-13(9-21)24-18(26)16-3-4-17(29-16)31(27,28)14-1-2-14/h3-5,10-11,13-14H,1-2,6-9H2,(H,24,26). The second-order valence-electron chi connectivity index (χ2n) is 9.08. The van der Waals surface area contributed by atoms with Crippen molar-refractivity contribution in [2.24, 2.45) is 5.41 Å². The van der Waals surface area contributed by atoms with Crippen molar-refractivity contribution in [2.45, 2.75) is 60.8 Å². The molecular formula is C21H20ClN3O5S. The number of oxazole rings is 1. The summed E-state index contributed by atoms with van der Waals surface area (Å²) in [6.07, 6.45) is 6.55. The van der Waals surface area contributed by atoms with E-state index in [0.717, 1.165) is 25.7 Å². The smallest absolute Gasteiger partial charge is 0.287 e. The summed E-state index contributed by atoms with van der Waals surface area (Å²) in [7, 11) is -3.43. The van der Waals surface area contributed by atoms with Crippen molar-refractivity contribution < 1.29 is 22.0 Å². The maximum Gasteiger partial charge on any atom is 0.287 e. The third-order valence-electron chi connectivity index (χ3n) is 6.68. The molecule has 1 amide bonds. The molecule has 0 atom stereocenters. The summed E-state index contributed by atoms with van der Waals surface area (Å²) in [4.78, 5) is 21.1. The molecule has 3 fully saturated rings. The van der Waals surface area contributed by atoms with E-state index >= 15 is 0 Å². The zero-order valence-corrected chi connectivity index (χ0v) is 18.1. The van der Waals surface area contributed by atoms with Gasteiger partial charge in [-0.1, -0.05) is 11.6 Å². The van der Waals surface area contributed by atoms with Crippen LogP contribution in [0.5, 0.6) is 0 Å². The molecule has 0 unspecified atom stereocenters. The minimum atomic E-state index is -3.43. The summed E-state index contributed by atoms with van der Waals surface area (Å²) in [5.74, 6) is 0.631. The van der Waals surface area contributed by atoms with E-state index in [0.29, 0.717) is 35.0 Å². The minimum Gasteiger partial charge on any atom is -0.440 e. The number of nitrogens with zero attached hydrogens (tertiary/aromatic N) is 2. The first-order valence-corrected chi connectivity index (χ1v) is 12.3. The number of sulfone groups is 1. The molecule has 0 aliphatic heterocycles. The van der Waals surface area contributed by atoms with E-state index < -0.39 is 9.84 Å². The molecule has 3 aliphatic carbocycles. The largest absolute Gasteiger partial charge is 0.440 e. The summed E-state index contributed by atoms with van der Waals surface area (Å²) in [5.41, 5.74) is 1.38. The number of carbonyl (C=O) groups excluding carboxylic acids is 1. The second kappa shape index (κ2) is 6.56. The van der Waals surface area contributed by atoms with E-state index in [-0.39, 0.29) is 39.4 Å². The number of halogens is 1. The normalized spacial score (nSPS) is 27.8. The van der Waals surface area contributed by atoms with Crippen LogP contribution in [0.3, 0.4) is 0 Å². The van der Waals surface area contributed by atoms with Crippen molar-refractivity contribution >= 4 is 38.6 Å². The number of fused-ring (bicyclic) bond motifs is 1. The molecule has 6 rings (SSSR count). The number of rotatable bonds is 5. The Labute approximate surface area is 183 Å². The second-order valence-corrected chi connectivity index (χ2v) is 11.7. The minimum absolute atomic E-state index is 0.0456. The zero-order chi connectivity index (χ0) is 21.4. The van der Waals surface area contributed by atoms with Gasteiger partial charge < -0.3 is 14.2 Å². The van der Waals surface area contributed by atoms with Crippen molar-refractivity contribution in [3.05, 3.63) is 41.1 Å². The first-order chi connectivity index (χ1) is 14.8. The quantitative estimate of drug-likeness (QED) is 0.613. The molecule has 3 aromatic heterocycles. The van der Waals surface area contributed by atoms with Crippen molar-refractivity contribution in [2.75, 3.05) is 0 Å². The molecule has 8 nitrogen and oxygen atoms in total. The summed E-state index contributed by atoms with van der Waals surface area (Å²) < 4.78 is 35.6. The van der Waals surface area contributed by atoms with Crippen LogP contribution >= 0.6 is 11.6 Å². The number of nitrogens with one attached hydrogen (secondary N) is 1. The Bertz CT molecular complexity index is 1300. The van der Waals surface area contributed by atoms with E-state index in [1.54, 1.807) is 12.3 Å². The van der Waals surface area contributed by atoms with Crippen LogP contribution in [0.25, 0.3) is 11.2 Å². The van der Waals surface area contributed by atoms with Crippen molar-refractivity contribution in [3.8, 4) is 0 Å². The Hall–Kier alpha value is -2.39. The fraction of sp³-hybridized carbons (Fsp3) is 0.476. The van der Waals surface area contributed by atoms with Gasteiger partial charge in [-0.3, -0.25) is 4.79 Å². The van der Waals surface area contributed by atoms with Crippen molar-refractivity contribution in [3.63, 3.8) is 0 Å². The topological polar surface area (TPSA) is 115 Å². The van der Waals surface area contributed by atoms with Gasteiger partial charge in [0.1, 0.15) is 5.52 Å². The third-order valence-corrected chi connectivity index (χ3v) is 9.02. The van der Waals surface area contributed by atoms with Crippen LogP contribution in [0, 0.1) is 5.41 Å². The third kappa shape index (κ3) is 3.25. The molecule has 0 saturated heterocycles. The Morgan fingerprint density at radius 2 is 1.94 bits per heavy atom. The van der Waals surface area contributed by atoms with Crippen LogP contribution in [0.4, 0.5) is 0 Å². The van der Waals surface area contributed by atoms with Gasteiger partial charge >= 0.3 is 0 Å². The fourth-order valence-corrected chi connectivity index (χ4v) is 6.67. The summed E-state index contributed by atoms with van der Waals surface area (Å²) in [6, 6.07) is 4.62. The van der Waals surface area contributed by atoms with Crippen LogP contribution in [0.1, 0.15) is 60.9 Å². The van der Waals surface area contributed by atoms with Crippen LogP contribution in [-0.4, -0.2) is 35.6 Å². The molecule has 1 spiro atoms. The highest BCUT2D eigenvalue weighted by Gasteiger charge is 2.55. The van der Waals surface area contributed by atoms with E-state index in [4.69, 9.17) is 20.4 Å². The lowest BCUT2D eigenvalue weighted by Crippen LogP contribution is -2.55. The van der Waals surface area contributed by atoms with E-state index in [2.05, 4.69) is 15.3 Å². The number of pyridine rings is 1. The average Bonchev–Trinajstić information content (AvgIpc) is 3.27. The number of furan rings is 1. The van der Waals surface area contributed by atoms with Crippen molar-refractivity contribution in [1.82, 2.24) is 15.3 Å². The zero-order valence-electron chi connectivity index (χ0n) is 16.5. The molecule has 31 heavy (non-hydrogen) atoms. The molecule has 0 aromatic carbocycles.